The highest BCUT2D eigenvalue weighted by molar-refractivity contribution is 5.95. The van der Waals surface area contributed by atoms with Crippen LogP contribution in [0, 0.1) is 12.3 Å². The molecule has 1 aromatic carbocycles. The number of carbonyl (C=O) groups is 1. The molecule has 94 valence electrons. The van der Waals surface area contributed by atoms with Gasteiger partial charge in [-0.25, -0.2) is 0 Å². The van der Waals surface area contributed by atoms with Crippen LogP contribution in [0.25, 0.3) is 0 Å². The summed E-state index contributed by atoms with van der Waals surface area (Å²) in [6.45, 7) is 7.52. The van der Waals surface area contributed by atoms with E-state index in [1.54, 1.807) is 6.07 Å². The number of benzene rings is 1. The molecule has 0 aliphatic heterocycles. The van der Waals surface area contributed by atoms with Crippen LogP contribution in [0.4, 0.5) is 5.69 Å². The molecule has 1 rings (SSSR count). The van der Waals surface area contributed by atoms with Gasteiger partial charge >= 0.3 is 0 Å². The Labute approximate surface area is 102 Å². The van der Waals surface area contributed by atoms with Gasteiger partial charge in [0.25, 0.3) is 0 Å². The SMILES string of the molecule is COOc1ccc(C)cc1NC(=O)C(C)(C)C. The number of nitrogens with one attached hydrogen (secondary N) is 1. The second-order valence-corrected chi connectivity index (χ2v) is 4.95. The first-order valence-electron chi connectivity index (χ1n) is 5.47. The predicted molar refractivity (Wildman–Crippen MR) is 66.9 cm³/mol. The lowest BCUT2D eigenvalue weighted by molar-refractivity contribution is -0.177. The van der Waals surface area contributed by atoms with Gasteiger partial charge in [-0.05, 0) is 24.6 Å². The molecule has 0 aliphatic carbocycles. The van der Waals surface area contributed by atoms with Crippen LogP contribution in [0.1, 0.15) is 26.3 Å². The number of amides is 1. The van der Waals surface area contributed by atoms with Crippen LogP contribution in [-0.4, -0.2) is 13.0 Å². The number of carbonyl (C=O) groups excluding carboxylic acids is 1. The molecule has 0 bridgehead atoms. The lowest BCUT2D eigenvalue weighted by atomic mass is 9.95. The molecule has 17 heavy (non-hydrogen) atoms. The largest absolute Gasteiger partial charge is 0.336 e. The van der Waals surface area contributed by atoms with Crippen molar-refractivity contribution in [3.63, 3.8) is 0 Å². The van der Waals surface area contributed by atoms with Crippen LogP contribution in [0.15, 0.2) is 18.2 Å². The second kappa shape index (κ2) is 5.19. The molecule has 0 atom stereocenters. The lowest BCUT2D eigenvalue weighted by Crippen LogP contribution is -2.27. The van der Waals surface area contributed by atoms with Gasteiger partial charge < -0.3 is 10.2 Å². The highest BCUT2D eigenvalue weighted by Crippen LogP contribution is 2.27. The summed E-state index contributed by atoms with van der Waals surface area (Å²) in [5.41, 5.74) is 1.21. The normalized spacial score (nSPS) is 11.1. The van der Waals surface area contributed by atoms with Gasteiger partial charge in [-0.2, -0.15) is 4.89 Å². The van der Waals surface area contributed by atoms with Crippen molar-refractivity contribution in [2.45, 2.75) is 27.7 Å². The van der Waals surface area contributed by atoms with Gasteiger partial charge in [0, 0.05) is 5.41 Å². The van der Waals surface area contributed by atoms with Gasteiger partial charge in [-0.3, -0.25) is 4.79 Å². The maximum atomic E-state index is 11.9. The summed E-state index contributed by atoms with van der Waals surface area (Å²) >= 11 is 0. The van der Waals surface area contributed by atoms with E-state index >= 15 is 0 Å². The molecule has 1 N–H and O–H groups in total. The summed E-state index contributed by atoms with van der Waals surface area (Å²) in [6.07, 6.45) is 0. The van der Waals surface area contributed by atoms with Gasteiger partial charge in [0.05, 0.1) is 12.8 Å². The van der Waals surface area contributed by atoms with Gasteiger partial charge in [0.15, 0.2) is 5.75 Å². The molecule has 0 radical (unpaired) electrons. The summed E-state index contributed by atoms with van der Waals surface area (Å²) in [5.74, 6) is 0.430. The van der Waals surface area contributed by atoms with Crippen molar-refractivity contribution in [2.75, 3.05) is 12.4 Å². The van der Waals surface area contributed by atoms with Crippen LogP contribution in [-0.2, 0) is 9.68 Å². The smallest absolute Gasteiger partial charge is 0.229 e. The number of hydrogen-bond acceptors (Lipinski definition) is 3. The minimum absolute atomic E-state index is 0.0657. The number of rotatable bonds is 3. The molecular formula is C13H19NO3. The Morgan fingerprint density at radius 2 is 1.94 bits per heavy atom. The molecular weight excluding hydrogens is 218 g/mol. The Morgan fingerprint density at radius 3 is 2.47 bits per heavy atom. The molecule has 0 unspecified atom stereocenters. The topological polar surface area (TPSA) is 47.6 Å². The highest BCUT2D eigenvalue weighted by Gasteiger charge is 2.22. The maximum Gasteiger partial charge on any atom is 0.229 e. The second-order valence-electron chi connectivity index (χ2n) is 4.95. The zero-order chi connectivity index (χ0) is 13.1. The molecule has 0 fully saturated rings. The molecule has 0 spiro atoms. The Morgan fingerprint density at radius 1 is 1.29 bits per heavy atom. The van der Waals surface area contributed by atoms with Crippen molar-refractivity contribution in [3.8, 4) is 5.75 Å². The number of hydrogen-bond donors (Lipinski definition) is 1. The highest BCUT2D eigenvalue weighted by atomic mass is 17.2. The third kappa shape index (κ3) is 3.75. The van der Waals surface area contributed by atoms with E-state index in [0.717, 1.165) is 5.56 Å². The average molecular weight is 237 g/mol. The Balaban J connectivity index is 2.96. The fourth-order valence-electron chi connectivity index (χ4n) is 1.21. The molecule has 1 aromatic rings. The van der Waals surface area contributed by atoms with Crippen molar-refractivity contribution in [1.82, 2.24) is 0 Å². The Bertz CT molecular complexity index is 408. The zero-order valence-electron chi connectivity index (χ0n) is 11.0. The van der Waals surface area contributed by atoms with E-state index in [2.05, 4.69) is 10.2 Å². The minimum Gasteiger partial charge on any atom is -0.336 e. The molecule has 0 heterocycles. The van der Waals surface area contributed by atoms with E-state index in [0.29, 0.717) is 11.4 Å². The summed E-state index contributed by atoms with van der Waals surface area (Å²) < 4.78 is 0. The molecule has 0 saturated carbocycles. The van der Waals surface area contributed by atoms with Gasteiger partial charge in [-0.1, -0.05) is 26.8 Å². The third-order valence-electron chi connectivity index (χ3n) is 2.24. The monoisotopic (exact) mass is 237 g/mol. The van der Waals surface area contributed by atoms with Crippen LogP contribution >= 0.6 is 0 Å². The molecule has 4 nitrogen and oxygen atoms in total. The van der Waals surface area contributed by atoms with Crippen LogP contribution in [0.2, 0.25) is 0 Å². The van der Waals surface area contributed by atoms with Crippen molar-refractivity contribution < 1.29 is 14.6 Å². The van der Waals surface area contributed by atoms with E-state index in [9.17, 15) is 4.79 Å². The summed E-state index contributed by atoms with van der Waals surface area (Å²) in [6, 6.07) is 5.50. The summed E-state index contributed by atoms with van der Waals surface area (Å²) in [4.78, 5) is 21.5. The van der Waals surface area contributed by atoms with E-state index in [1.807, 2.05) is 39.8 Å². The van der Waals surface area contributed by atoms with Crippen LogP contribution < -0.4 is 10.2 Å². The molecule has 4 heteroatoms. The summed E-state index contributed by atoms with van der Waals surface area (Å²) in [5, 5.41) is 2.83. The van der Waals surface area contributed by atoms with E-state index in [1.165, 1.54) is 7.11 Å². The average Bonchev–Trinajstić information content (AvgIpc) is 2.21. The van der Waals surface area contributed by atoms with Gasteiger partial charge in [0.1, 0.15) is 0 Å². The third-order valence-corrected chi connectivity index (χ3v) is 2.24. The van der Waals surface area contributed by atoms with E-state index in [-0.39, 0.29) is 5.91 Å². The summed E-state index contributed by atoms with van der Waals surface area (Å²) in [7, 11) is 1.43. The predicted octanol–water partition coefficient (Wildman–Crippen LogP) is 2.92. The Hall–Kier alpha value is -1.55. The van der Waals surface area contributed by atoms with Crippen LogP contribution in [0.3, 0.4) is 0 Å². The van der Waals surface area contributed by atoms with E-state index in [4.69, 9.17) is 4.89 Å². The maximum absolute atomic E-state index is 11.9. The zero-order valence-corrected chi connectivity index (χ0v) is 11.0. The standard InChI is InChI=1S/C13H19NO3/c1-9-6-7-11(17-16-5)10(8-9)14-12(15)13(2,3)4/h6-8H,1-5H3,(H,14,15). The Kier molecular flexibility index (Phi) is 4.12. The minimum atomic E-state index is -0.450. The van der Waals surface area contributed by atoms with Crippen molar-refractivity contribution in [1.29, 1.82) is 0 Å². The molecule has 1 amide bonds. The first kappa shape index (κ1) is 13.5. The number of anilines is 1. The molecule has 0 aliphatic rings. The van der Waals surface area contributed by atoms with Gasteiger partial charge in [-0.15, -0.1) is 0 Å². The van der Waals surface area contributed by atoms with E-state index < -0.39 is 5.41 Å². The van der Waals surface area contributed by atoms with Crippen molar-refractivity contribution in [2.24, 2.45) is 5.41 Å². The fourth-order valence-corrected chi connectivity index (χ4v) is 1.21. The van der Waals surface area contributed by atoms with Gasteiger partial charge in [0.2, 0.25) is 5.91 Å². The van der Waals surface area contributed by atoms with Crippen molar-refractivity contribution in [3.05, 3.63) is 23.8 Å². The quantitative estimate of drug-likeness (QED) is 0.649. The number of aryl methyl sites for hydroxylation is 1. The fraction of sp³-hybridized carbons (Fsp3) is 0.462. The van der Waals surface area contributed by atoms with Crippen molar-refractivity contribution >= 4 is 11.6 Å². The lowest BCUT2D eigenvalue weighted by Gasteiger charge is -2.19. The molecule has 0 saturated heterocycles. The first-order chi connectivity index (χ1) is 7.84. The first-order valence-corrected chi connectivity index (χ1v) is 5.47. The molecule has 0 aromatic heterocycles. The van der Waals surface area contributed by atoms with Crippen LogP contribution in [0.5, 0.6) is 5.75 Å².